The maximum atomic E-state index is 12.3. The zero-order valence-electron chi connectivity index (χ0n) is 12.6. The van der Waals surface area contributed by atoms with E-state index in [2.05, 4.69) is 26.3 Å². The first-order valence-corrected chi connectivity index (χ1v) is 9.09. The monoisotopic (exact) mass is 457 g/mol. The molecule has 0 fully saturated rings. The van der Waals surface area contributed by atoms with Gasteiger partial charge in [0.1, 0.15) is 5.02 Å². The van der Waals surface area contributed by atoms with Crippen molar-refractivity contribution in [2.75, 3.05) is 5.32 Å². The second-order valence-electron chi connectivity index (χ2n) is 5.19. The predicted molar refractivity (Wildman–Crippen MR) is 105 cm³/mol. The number of aromatic nitrogens is 2. The van der Waals surface area contributed by atoms with Crippen LogP contribution in [0.5, 0.6) is 0 Å². The van der Waals surface area contributed by atoms with Gasteiger partial charge in [0.05, 0.1) is 6.54 Å². The molecule has 0 unspecified atom stereocenters. The van der Waals surface area contributed by atoms with Gasteiger partial charge in [-0.15, -0.1) is 0 Å². The number of anilines is 1. The van der Waals surface area contributed by atoms with Gasteiger partial charge in [0.2, 0.25) is 0 Å². The molecule has 25 heavy (non-hydrogen) atoms. The van der Waals surface area contributed by atoms with Gasteiger partial charge in [-0.05, 0) is 30.3 Å². The van der Waals surface area contributed by atoms with Gasteiger partial charge in [0.25, 0.3) is 5.91 Å². The summed E-state index contributed by atoms with van der Waals surface area (Å²) in [6, 6.07) is 12.3. The SMILES string of the molecule is O=C(Nc1nn(Cc2c(Cl)cccc2Cl)cc1Cl)c1cccc(Br)c1. The molecule has 0 aliphatic heterocycles. The number of carbonyl (C=O) groups excluding carboxylic acids is 1. The van der Waals surface area contributed by atoms with E-state index >= 15 is 0 Å². The van der Waals surface area contributed by atoms with Gasteiger partial charge in [0, 0.05) is 31.8 Å². The van der Waals surface area contributed by atoms with Gasteiger partial charge in [-0.3, -0.25) is 9.48 Å². The quantitative estimate of drug-likeness (QED) is 0.528. The van der Waals surface area contributed by atoms with E-state index in [-0.39, 0.29) is 11.7 Å². The number of rotatable bonds is 4. The number of amides is 1. The van der Waals surface area contributed by atoms with Crippen LogP contribution in [0.1, 0.15) is 15.9 Å². The molecule has 8 heteroatoms. The second-order valence-corrected chi connectivity index (χ2v) is 7.33. The lowest BCUT2D eigenvalue weighted by Gasteiger charge is -2.07. The van der Waals surface area contributed by atoms with Gasteiger partial charge in [-0.25, -0.2) is 0 Å². The Morgan fingerprint density at radius 2 is 1.76 bits per heavy atom. The molecule has 1 heterocycles. The van der Waals surface area contributed by atoms with E-state index in [1.54, 1.807) is 47.3 Å². The van der Waals surface area contributed by atoms with E-state index in [0.29, 0.717) is 27.2 Å². The van der Waals surface area contributed by atoms with Crippen molar-refractivity contribution in [2.45, 2.75) is 6.54 Å². The molecule has 0 aliphatic carbocycles. The third-order valence-corrected chi connectivity index (χ3v) is 4.90. The van der Waals surface area contributed by atoms with Crippen molar-refractivity contribution in [2.24, 2.45) is 0 Å². The van der Waals surface area contributed by atoms with E-state index in [1.165, 1.54) is 0 Å². The molecule has 3 rings (SSSR count). The standard InChI is InChI=1S/C17H11BrCl3N3O/c18-11-4-1-3-10(7-11)17(25)22-16-15(21)9-24(23-16)8-12-13(19)5-2-6-14(12)20/h1-7,9H,8H2,(H,22,23,25). The predicted octanol–water partition coefficient (Wildman–Crippen LogP) is 5.91. The second kappa shape index (κ2) is 7.79. The van der Waals surface area contributed by atoms with Crippen molar-refractivity contribution in [3.63, 3.8) is 0 Å². The lowest BCUT2D eigenvalue weighted by atomic mass is 10.2. The summed E-state index contributed by atoms with van der Waals surface area (Å²) in [5.74, 6) is -0.0287. The Morgan fingerprint density at radius 1 is 1.08 bits per heavy atom. The molecule has 1 N–H and O–H groups in total. The molecule has 0 saturated carbocycles. The summed E-state index contributed by atoms with van der Waals surface area (Å²) >= 11 is 21.9. The molecule has 0 bridgehead atoms. The van der Waals surface area contributed by atoms with E-state index in [1.807, 2.05) is 6.07 Å². The first-order chi connectivity index (χ1) is 11.9. The largest absolute Gasteiger partial charge is 0.304 e. The maximum absolute atomic E-state index is 12.3. The number of hydrogen-bond acceptors (Lipinski definition) is 2. The smallest absolute Gasteiger partial charge is 0.256 e. The number of hydrogen-bond donors (Lipinski definition) is 1. The van der Waals surface area contributed by atoms with Crippen molar-refractivity contribution < 1.29 is 4.79 Å². The first kappa shape index (κ1) is 18.3. The Bertz CT molecular complexity index is 922. The summed E-state index contributed by atoms with van der Waals surface area (Å²) in [4.78, 5) is 12.3. The van der Waals surface area contributed by atoms with Crippen LogP contribution in [-0.4, -0.2) is 15.7 Å². The fourth-order valence-electron chi connectivity index (χ4n) is 2.22. The molecule has 4 nitrogen and oxygen atoms in total. The molecule has 1 amide bonds. The molecule has 128 valence electrons. The number of nitrogens with one attached hydrogen (secondary N) is 1. The van der Waals surface area contributed by atoms with Crippen LogP contribution >= 0.6 is 50.7 Å². The Labute approximate surface area is 167 Å². The van der Waals surface area contributed by atoms with Crippen LogP contribution < -0.4 is 5.32 Å². The molecule has 0 saturated heterocycles. The molecule has 0 spiro atoms. The highest BCUT2D eigenvalue weighted by Gasteiger charge is 2.14. The number of benzene rings is 2. The Kier molecular flexibility index (Phi) is 5.69. The zero-order chi connectivity index (χ0) is 18.0. The molecule has 3 aromatic rings. The Morgan fingerprint density at radius 3 is 2.44 bits per heavy atom. The molecule has 0 aliphatic rings. The van der Waals surface area contributed by atoms with Crippen LogP contribution in [0.4, 0.5) is 5.82 Å². The summed E-state index contributed by atoms with van der Waals surface area (Å²) in [5.41, 5.74) is 1.23. The van der Waals surface area contributed by atoms with E-state index < -0.39 is 0 Å². The highest BCUT2D eigenvalue weighted by Crippen LogP contribution is 2.27. The summed E-state index contributed by atoms with van der Waals surface area (Å²) in [6.07, 6.45) is 1.61. The number of carbonyl (C=O) groups is 1. The lowest BCUT2D eigenvalue weighted by Crippen LogP contribution is -2.13. The average molecular weight is 460 g/mol. The van der Waals surface area contributed by atoms with Crippen molar-refractivity contribution in [3.05, 3.63) is 79.3 Å². The fourth-order valence-corrected chi connectivity index (χ4v) is 3.33. The molecule has 2 aromatic carbocycles. The van der Waals surface area contributed by atoms with Crippen LogP contribution in [0.25, 0.3) is 0 Å². The molecule has 1 aromatic heterocycles. The van der Waals surface area contributed by atoms with Crippen molar-refractivity contribution >= 4 is 62.5 Å². The third-order valence-electron chi connectivity index (χ3n) is 3.42. The molecule has 0 radical (unpaired) electrons. The number of halogens is 4. The van der Waals surface area contributed by atoms with Gasteiger partial charge in [0.15, 0.2) is 5.82 Å². The van der Waals surface area contributed by atoms with Crippen LogP contribution in [0, 0.1) is 0 Å². The van der Waals surface area contributed by atoms with Crippen molar-refractivity contribution in [1.82, 2.24) is 9.78 Å². The van der Waals surface area contributed by atoms with Gasteiger partial charge < -0.3 is 5.32 Å². The topological polar surface area (TPSA) is 46.9 Å². The minimum atomic E-state index is -0.302. The highest BCUT2D eigenvalue weighted by atomic mass is 79.9. The summed E-state index contributed by atoms with van der Waals surface area (Å²) in [6.45, 7) is 0.338. The van der Waals surface area contributed by atoms with Crippen LogP contribution in [0.2, 0.25) is 15.1 Å². The van der Waals surface area contributed by atoms with Gasteiger partial charge in [-0.1, -0.05) is 62.9 Å². The summed E-state index contributed by atoms with van der Waals surface area (Å²) < 4.78 is 2.39. The highest BCUT2D eigenvalue weighted by molar-refractivity contribution is 9.10. The Hall–Kier alpha value is -1.53. The maximum Gasteiger partial charge on any atom is 0.256 e. The first-order valence-electron chi connectivity index (χ1n) is 7.17. The third kappa shape index (κ3) is 4.36. The minimum absolute atomic E-state index is 0.273. The van der Waals surface area contributed by atoms with Gasteiger partial charge in [-0.2, -0.15) is 5.10 Å². The minimum Gasteiger partial charge on any atom is -0.304 e. The van der Waals surface area contributed by atoms with E-state index in [0.717, 1.165) is 10.0 Å². The van der Waals surface area contributed by atoms with Crippen molar-refractivity contribution in [3.8, 4) is 0 Å². The normalized spacial score (nSPS) is 10.7. The van der Waals surface area contributed by atoms with E-state index in [9.17, 15) is 4.79 Å². The zero-order valence-corrected chi connectivity index (χ0v) is 16.5. The van der Waals surface area contributed by atoms with Crippen LogP contribution in [-0.2, 0) is 6.54 Å². The number of nitrogens with zero attached hydrogens (tertiary/aromatic N) is 2. The van der Waals surface area contributed by atoms with Crippen LogP contribution in [0.15, 0.2) is 53.1 Å². The van der Waals surface area contributed by atoms with Gasteiger partial charge >= 0.3 is 0 Å². The average Bonchev–Trinajstić information content (AvgIpc) is 2.90. The molecule has 0 atom stereocenters. The van der Waals surface area contributed by atoms with Crippen molar-refractivity contribution in [1.29, 1.82) is 0 Å². The molecular weight excluding hydrogens is 448 g/mol. The molecular formula is C17H11BrCl3N3O. The van der Waals surface area contributed by atoms with E-state index in [4.69, 9.17) is 34.8 Å². The Balaban J connectivity index is 1.80. The summed E-state index contributed by atoms with van der Waals surface area (Å²) in [7, 11) is 0. The summed E-state index contributed by atoms with van der Waals surface area (Å²) in [5, 5.41) is 8.41. The fraction of sp³-hybridized carbons (Fsp3) is 0.0588. The van der Waals surface area contributed by atoms with Crippen LogP contribution in [0.3, 0.4) is 0 Å². The lowest BCUT2D eigenvalue weighted by molar-refractivity contribution is 0.102.